The molecule has 0 bridgehead atoms. The molecule has 0 atom stereocenters. The molecule has 0 saturated carbocycles. The minimum atomic E-state index is -0.279. The number of hydrogen-bond acceptors (Lipinski definition) is 4. The molecule has 0 aliphatic carbocycles. The van der Waals surface area contributed by atoms with E-state index in [0.717, 1.165) is 9.35 Å². The average molecular weight is 418 g/mol. The molecule has 1 amide bonds. The first-order chi connectivity index (χ1) is 9.47. The number of carbonyl (C=O) groups is 1. The van der Waals surface area contributed by atoms with E-state index in [2.05, 4.69) is 42.4 Å². The summed E-state index contributed by atoms with van der Waals surface area (Å²) in [5, 5.41) is 15.5. The van der Waals surface area contributed by atoms with Crippen LogP contribution in [0.3, 0.4) is 0 Å². The Morgan fingerprint density at radius 3 is 2.80 bits per heavy atom. The molecular weight excluding hydrogens is 408 g/mol. The topological polar surface area (TPSA) is 61.7 Å². The summed E-state index contributed by atoms with van der Waals surface area (Å²) in [7, 11) is 0. The van der Waals surface area contributed by atoms with Crippen molar-refractivity contribution in [3.8, 4) is 5.75 Å². The first-order valence-electron chi connectivity index (χ1n) is 5.54. The summed E-state index contributed by atoms with van der Waals surface area (Å²) in [6.07, 6.45) is 1.39. The lowest BCUT2D eigenvalue weighted by Gasteiger charge is -2.02. The van der Waals surface area contributed by atoms with E-state index in [0.29, 0.717) is 15.6 Å². The second-order valence-corrected chi connectivity index (χ2v) is 6.86. The van der Waals surface area contributed by atoms with E-state index >= 15 is 0 Å². The predicted octanol–water partition coefficient (Wildman–Crippen LogP) is 4.05. The molecule has 1 aromatic carbocycles. The van der Waals surface area contributed by atoms with Crippen LogP contribution in [0.15, 0.2) is 37.6 Å². The maximum absolute atomic E-state index is 11.8. The zero-order valence-electron chi connectivity index (χ0n) is 10.4. The van der Waals surface area contributed by atoms with Gasteiger partial charge >= 0.3 is 0 Å². The van der Waals surface area contributed by atoms with Crippen molar-refractivity contribution in [2.45, 2.75) is 6.92 Å². The number of nitrogens with one attached hydrogen (secondary N) is 1. The van der Waals surface area contributed by atoms with Gasteiger partial charge in [-0.2, -0.15) is 5.10 Å². The van der Waals surface area contributed by atoms with Crippen molar-refractivity contribution in [3.63, 3.8) is 0 Å². The monoisotopic (exact) mass is 416 g/mol. The second kappa shape index (κ2) is 6.51. The molecule has 4 nitrogen and oxygen atoms in total. The summed E-state index contributed by atoms with van der Waals surface area (Å²) in [6, 6.07) is 5.21. The van der Waals surface area contributed by atoms with Crippen LogP contribution in [0, 0.1) is 6.92 Å². The summed E-state index contributed by atoms with van der Waals surface area (Å²) < 4.78 is 1.34. The highest BCUT2D eigenvalue weighted by molar-refractivity contribution is 9.11. The first kappa shape index (κ1) is 15.2. The van der Waals surface area contributed by atoms with Crippen molar-refractivity contribution in [2.24, 2.45) is 5.10 Å². The Balaban J connectivity index is 2.09. The van der Waals surface area contributed by atoms with Gasteiger partial charge in [0.15, 0.2) is 0 Å². The zero-order valence-corrected chi connectivity index (χ0v) is 14.3. The molecule has 7 heteroatoms. The van der Waals surface area contributed by atoms with Gasteiger partial charge in [-0.05, 0) is 41.1 Å². The van der Waals surface area contributed by atoms with Gasteiger partial charge in [0.05, 0.1) is 16.3 Å². The normalized spacial score (nSPS) is 10.9. The number of phenolic OH excluding ortho intramolecular Hbond substituents is 1. The number of aromatic hydroxyl groups is 1. The smallest absolute Gasteiger partial charge is 0.272 e. The summed E-state index contributed by atoms with van der Waals surface area (Å²) >= 11 is 8.05. The summed E-state index contributed by atoms with van der Waals surface area (Å²) in [4.78, 5) is 12.8. The number of aryl methyl sites for hydroxylation is 1. The number of carbonyl (C=O) groups excluding carboxylic acids is 1. The third-order valence-electron chi connectivity index (χ3n) is 2.42. The summed E-state index contributed by atoms with van der Waals surface area (Å²) in [5.41, 5.74) is 3.49. The molecule has 1 heterocycles. The Morgan fingerprint density at radius 1 is 1.40 bits per heavy atom. The highest BCUT2D eigenvalue weighted by Gasteiger charge is 2.07. The fraction of sp³-hybridized carbons (Fsp3) is 0.0769. The third kappa shape index (κ3) is 3.68. The number of halogens is 2. The Morgan fingerprint density at radius 2 is 2.15 bits per heavy atom. The highest BCUT2D eigenvalue weighted by atomic mass is 79.9. The number of phenols is 1. The van der Waals surface area contributed by atoms with E-state index in [4.69, 9.17) is 0 Å². The maximum atomic E-state index is 11.8. The Hall–Kier alpha value is -1.18. The van der Waals surface area contributed by atoms with Crippen LogP contribution in [0.2, 0.25) is 0 Å². The Labute approximate surface area is 136 Å². The standard InChI is InChI=1S/C13H10Br2N2O2S/c1-7-2-9(6-20-7)13(19)17-16-5-8-3-10(14)4-11(15)12(8)18/h2-6,18H,1H3,(H,17,19)/b16-5+. The number of thiophene rings is 1. The average Bonchev–Trinajstić information content (AvgIpc) is 2.81. The Kier molecular flexibility index (Phi) is 4.95. The number of hydrogen-bond donors (Lipinski definition) is 2. The van der Waals surface area contributed by atoms with Crippen LogP contribution in [0.5, 0.6) is 5.75 Å². The number of hydrazone groups is 1. The van der Waals surface area contributed by atoms with Crippen LogP contribution in [0.1, 0.15) is 20.8 Å². The third-order valence-corrected chi connectivity index (χ3v) is 4.34. The van der Waals surface area contributed by atoms with E-state index in [1.54, 1.807) is 23.6 Å². The number of nitrogens with zero attached hydrogens (tertiary/aromatic N) is 1. The molecule has 0 radical (unpaired) electrons. The van der Waals surface area contributed by atoms with Gasteiger partial charge in [-0.25, -0.2) is 5.43 Å². The van der Waals surface area contributed by atoms with Gasteiger partial charge < -0.3 is 5.11 Å². The molecular formula is C13H10Br2N2O2S. The van der Waals surface area contributed by atoms with Crippen molar-refractivity contribution >= 4 is 55.3 Å². The van der Waals surface area contributed by atoms with E-state index in [9.17, 15) is 9.90 Å². The van der Waals surface area contributed by atoms with Crippen molar-refractivity contribution in [1.82, 2.24) is 5.43 Å². The van der Waals surface area contributed by atoms with Gasteiger partial charge in [-0.15, -0.1) is 11.3 Å². The van der Waals surface area contributed by atoms with E-state index in [1.807, 2.05) is 6.92 Å². The minimum absolute atomic E-state index is 0.0672. The van der Waals surface area contributed by atoms with Crippen LogP contribution in [0.4, 0.5) is 0 Å². The van der Waals surface area contributed by atoms with Gasteiger partial charge in [0.2, 0.25) is 0 Å². The van der Waals surface area contributed by atoms with Crippen molar-refractivity contribution in [1.29, 1.82) is 0 Å². The van der Waals surface area contributed by atoms with E-state index in [1.165, 1.54) is 17.6 Å². The fourth-order valence-corrected chi connectivity index (χ4v) is 3.41. The van der Waals surface area contributed by atoms with Crippen LogP contribution >= 0.6 is 43.2 Å². The molecule has 0 aliphatic heterocycles. The van der Waals surface area contributed by atoms with Crippen LogP contribution in [-0.4, -0.2) is 17.2 Å². The molecule has 0 aliphatic rings. The molecule has 0 saturated heterocycles. The van der Waals surface area contributed by atoms with Gasteiger partial charge in [0, 0.05) is 20.3 Å². The number of benzene rings is 1. The van der Waals surface area contributed by atoms with Gasteiger partial charge in [-0.3, -0.25) is 4.79 Å². The van der Waals surface area contributed by atoms with Crippen LogP contribution in [0.25, 0.3) is 0 Å². The van der Waals surface area contributed by atoms with Crippen molar-refractivity contribution < 1.29 is 9.90 Å². The summed E-state index contributed by atoms with van der Waals surface area (Å²) in [5.74, 6) is -0.211. The minimum Gasteiger partial charge on any atom is -0.506 e. The SMILES string of the molecule is Cc1cc(C(=O)N/N=C/c2cc(Br)cc(Br)c2O)cs1. The molecule has 2 aromatic rings. The lowest BCUT2D eigenvalue weighted by molar-refractivity contribution is 0.0955. The first-order valence-corrected chi connectivity index (χ1v) is 8.00. The quantitative estimate of drug-likeness (QED) is 0.584. The highest BCUT2D eigenvalue weighted by Crippen LogP contribution is 2.30. The predicted molar refractivity (Wildman–Crippen MR) is 87.6 cm³/mol. The van der Waals surface area contributed by atoms with Crippen LogP contribution in [-0.2, 0) is 0 Å². The Bertz CT molecular complexity index is 683. The number of rotatable bonds is 3. The van der Waals surface area contributed by atoms with Gasteiger partial charge in [-0.1, -0.05) is 15.9 Å². The maximum Gasteiger partial charge on any atom is 0.272 e. The molecule has 2 N–H and O–H groups in total. The van der Waals surface area contributed by atoms with E-state index in [-0.39, 0.29) is 11.7 Å². The molecule has 20 heavy (non-hydrogen) atoms. The molecule has 0 fully saturated rings. The number of amides is 1. The van der Waals surface area contributed by atoms with Crippen LogP contribution < -0.4 is 5.43 Å². The molecule has 1 aromatic heterocycles. The van der Waals surface area contributed by atoms with Crippen molar-refractivity contribution in [3.05, 3.63) is 48.5 Å². The molecule has 104 valence electrons. The lowest BCUT2D eigenvalue weighted by Crippen LogP contribution is -2.16. The van der Waals surface area contributed by atoms with Crippen molar-refractivity contribution in [2.75, 3.05) is 0 Å². The molecule has 0 spiro atoms. The zero-order chi connectivity index (χ0) is 14.7. The largest absolute Gasteiger partial charge is 0.506 e. The second-order valence-electron chi connectivity index (χ2n) is 3.97. The lowest BCUT2D eigenvalue weighted by atomic mass is 10.2. The van der Waals surface area contributed by atoms with E-state index < -0.39 is 0 Å². The van der Waals surface area contributed by atoms with Gasteiger partial charge in [0.25, 0.3) is 5.91 Å². The molecule has 2 rings (SSSR count). The summed E-state index contributed by atoms with van der Waals surface area (Å²) in [6.45, 7) is 1.93. The van der Waals surface area contributed by atoms with Gasteiger partial charge in [0.1, 0.15) is 5.75 Å². The fourth-order valence-electron chi connectivity index (χ4n) is 1.47. The molecule has 0 unspecified atom stereocenters.